The third-order valence-corrected chi connectivity index (χ3v) is 6.93. The minimum Gasteiger partial charge on any atom is -0.393 e. The number of fused-ring (bicyclic) bond motifs is 1. The third-order valence-electron chi connectivity index (χ3n) is 6.93. The SMILES string of the molecule is Cc1ccccc1-n1nc(C(=O)NCc2ccc(CN3CCC(O)CC3)cc2)c2c1CCC2. The summed E-state index contributed by atoms with van der Waals surface area (Å²) in [5, 5.41) is 17.5. The van der Waals surface area contributed by atoms with Gasteiger partial charge in [-0.3, -0.25) is 9.69 Å². The van der Waals surface area contributed by atoms with Crippen molar-refractivity contribution in [3.63, 3.8) is 0 Å². The molecule has 1 aliphatic carbocycles. The number of benzene rings is 2. The number of rotatable bonds is 6. The van der Waals surface area contributed by atoms with Gasteiger partial charge in [-0.2, -0.15) is 5.10 Å². The highest BCUT2D eigenvalue weighted by Gasteiger charge is 2.27. The molecule has 5 rings (SSSR count). The zero-order valence-electron chi connectivity index (χ0n) is 19.3. The lowest BCUT2D eigenvalue weighted by molar-refractivity contribution is 0.0792. The number of hydrogen-bond acceptors (Lipinski definition) is 4. The lowest BCUT2D eigenvalue weighted by atomic mass is 10.1. The Balaban J connectivity index is 1.24. The van der Waals surface area contributed by atoms with Gasteiger partial charge in [0.25, 0.3) is 5.91 Å². The van der Waals surface area contributed by atoms with E-state index in [9.17, 15) is 9.90 Å². The Bertz CT molecular complexity index is 1130. The normalized spacial score (nSPS) is 16.7. The van der Waals surface area contributed by atoms with Gasteiger partial charge in [0.2, 0.25) is 0 Å². The Kier molecular flexibility index (Phi) is 6.29. The van der Waals surface area contributed by atoms with E-state index in [1.807, 2.05) is 16.8 Å². The quantitative estimate of drug-likeness (QED) is 0.610. The van der Waals surface area contributed by atoms with Gasteiger partial charge >= 0.3 is 0 Å². The van der Waals surface area contributed by atoms with Gasteiger partial charge in [0, 0.05) is 37.4 Å². The predicted octanol–water partition coefficient (Wildman–Crippen LogP) is 3.56. The number of piperidine rings is 1. The number of aliphatic hydroxyl groups excluding tert-OH is 1. The molecule has 3 aromatic rings. The topological polar surface area (TPSA) is 70.4 Å². The minimum absolute atomic E-state index is 0.101. The molecule has 2 aliphatic rings. The summed E-state index contributed by atoms with van der Waals surface area (Å²) in [7, 11) is 0. The largest absolute Gasteiger partial charge is 0.393 e. The molecule has 6 nitrogen and oxygen atoms in total. The smallest absolute Gasteiger partial charge is 0.272 e. The van der Waals surface area contributed by atoms with Crippen LogP contribution in [-0.4, -0.2) is 44.9 Å². The van der Waals surface area contributed by atoms with Gasteiger partial charge in [-0.25, -0.2) is 4.68 Å². The van der Waals surface area contributed by atoms with Gasteiger partial charge in [0.05, 0.1) is 11.8 Å². The highest BCUT2D eigenvalue weighted by Crippen LogP contribution is 2.29. The summed E-state index contributed by atoms with van der Waals surface area (Å²) in [4.78, 5) is 15.4. The van der Waals surface area contributed by atoms with Crippen LogP contribution in [0.3, 0.4) is 0 Å². The zero-order valence-corrected chi connectivity index (χ0v) is 19.3. The van der Waals surface area contributed by atoms with E-state index in [-0.39, 0.29) is 12.0 Å². The molecule has 0 bridgehead atoms. The van der Waals surface area contributed by atoms with Crippen LogP contribution in [-0.2, 0) is 25.9 Å². The second-order valence-corrected chi connectivity index (χ2v) is 9.33. The van der Waals surface area contributed by atoms with Crippen LogP contribution < -0.4 is 5.32 Å². The van der Waals surface area contributed by atoms with Crippen LogP contribution in [0.1, 0.15) is 57.7 Å². The lowest BCUT2D eigenvalue weighted by Gasteiger charge is -2.29. The van der Waals surface area contributed by atoms with Gasteiger partial charge in [0.15, 0.2) is 5.69 Å². The van der Waals surface area contributed by atoms with Crippen molar-refractivity contribution in [3.8, 4) is 5.69 Å². The van der Waals surface area contributed by atoms with Crippen LogP contribution in [0.15, 0.2) is 48.5 Å². The fourth-order valence-electron chi connectivity index (χ4n) is 4.98. The molecule has 0 spiro atoms. The second-order valence-electron chi connectivity index (χ2n) is 9.33. The molecule has 1 amide bonds. The van der Waals surface area contributed by atoms with Crippen LogP contribution in [0.4, 0.5) is 0 Å². The Morgan fingerprint density at radius 1 is 1.06 bits per heavy atom. The molecular weight excluding hydrogens is 412 g/mol. The molecule has 33 heavy (non-hydrogen) atoms. The van der Waals surface area contributed by atoms with Gasteiger partial charge in [-0.1, -0.05) is 42.5 Å². The monoisotopic (exact) mass is 444 g/mol. The van der Waals surface area contributed by atoms with E-state index in [0.29, 0.717) is 12.2 Å². The highest BCUT2D eigenvalue weighted by atomic mass is 16.3. The Hall–Kier alpha value is -2.96. The lowest BCUT2D eigenvalue weighted by Crippen LogP contribution is -2.35. The van der Waals surface area contributed by atoms with Crippen LogP contribution >= 0.6 is 0 Å². The highest BCUT2D eigenvalue weighted by molar-refractivity contribution is 5.94. The average molecular weight is 445 g/mol. The molecule has 0 unspecified atom stereocenters. The van der Waals surface area contributed by atoms with Crippen molar-refractivity contribution in [2.45, 2.75) is 58.2 Å². The Labute approximate surface area is 195 Å². The van der Waals surface area contributed by atoms with Gasteiger partial charge < -0.3 is 10.4 Å². The number of amides is 1. The maximum Gasteiger partial charge on any atom is 0.272 e. The number of aryl methyl sites for hydroxylation is 1. The van der Waals surface area contributed by atoms with Crippen molar-refractivity contribution in [3.05, 3.63) is 82.2 Å². The average Bonchev–Trinajstić information content (AvgIpc) is 3.44. The molecule has 172 valence electrons. The van der Waals surface area contributed by atoms with Crippen LogP contribution in [0, 0.1) is 6.92 Å². The van der Waals surface area contributed by atoms with E-state index in [4.69, 9.17) is 5.10 Å². The van der Waals surface area contributed by atoms with E-state index in [1.165, 1.54) is 11.3 Å². The number of aromatic nitrogens is 2. The number of carbonyl (C=O) groups is 1. The maximum atomic E-state index is 13.0. The number of carbonyl (C=O) groups excluding carboxylic acids is 1. The molecule has 0 saturated carbocycles. The number of likely N-dealkylation sites (tertiary alicyclic amines) is 1. The van der Waals surface area contributed by atoms with Gasteiger partial charge in [0.1, 0.15) is 0 Å². The number of para-hydroxylation sites is 1. The molecule has 0 radical (unpaired) electrons. The molecule has 2 aromatic carbocycles. The number of hydrogen-bond donors (Lipinski definition) is 2. The van der Waals surface area contributed by atoms with Crippen molar-refractivity contribution in [1.82, 2.24) is 20.0 Å². The fraction of sp³-hybridized carbons (Fsp3) is 0.407. The van der Waals surface area contributed by atoms with E-state index in [2.05, 4.69) is 53.5 Å². The summed E-state index contributed by atoms with van der Waals surface area (Å²) in [6.07, 6.45) is 4.50. The molecule has 1 aliphatic heterocycles. The molecule has 1 saturated heterocycles. The zero-order chi connectivity index (χ0) is 22.8. The first kappa shape index (κ1) is 21.9. The molecule has 0 atom stereocenters. The minimum atomic E-state index is -0.142. The molecule has 2 N–H and O–H groups in total. The molecule has 2 heterocycles. The first-order valence-electron chi connectivity index (χ1n) is 12.0. The summed E-state index contributed by atoms with van der Waals surface area (Å²) >= 11 is 0. The van der Waals surface area contributed by atoms with Crippen LogP contribution in [0.5, 0.6) is 0 Å². The second kappa shape index (κ2) is 9.49. The number of aliphatic hydroxyl groups is 1. The number of nitrogens with one attached hydrogen (secondary N) is 1. The fourth-order valence-corrected chi connectivity index (χ4v) is 4.98. The van der Waals surface area contributed by atoms with Gasteiger partial charge in [-0.05, 0) is 61.8 Å². The summed E-state index contributed by atoms with van der Waals surface area (Å²) in [5.74, 6) is -0.101. The van der Waals surface area contributed by atoms with E-state index >= 15 is 0 Å². The molecule has 1 fully saturated rings. The summed E-state index contributed by atoms with van der Waals surface area (Å²) < 4.78 is 1.97. The predicted molar refractivity (Wildman–Crippen MR) is 128 cm³/mol. The van der Waals surface area contributed by atoms with Gasteiger partial charge in [-0.15, -0.1) is 0 Å². The molecule has 6 heteroatoms. The van der Waals surface area contributed by atoms with Crippen molar-refractivity contribution >= 4 is 5.91 Å². The Morgan fingerprint density at radius 2 is 1.79 bits per heavy atom. The third kappa shape index (κ3) is 4.72. The van der Waals surface area contributed by atoms with Crippen molar-refractivity contribution in [2.24, 2.45) is 0 Å². The Morgan fingerprint density at radius 3 is 2.55 bits per heavy atom. The molecule has 1 aromatic heterocycles. The summed E-state index contributed by atoms with van der Waals surface area (Å²) in [5.41, 5.74) is 7.37. The maximum absolute atomic E-state index is 13.0. The van der Waals surface area contributed by atoms with Crippen molar-refractivity contribution in [1.29, 1.82) is 0 Å². The van der Waals surface area contributed by atoms with Crippen LogP contribution in [0.25, 0.3) is 5.69 Å². The summed E-state index contributed by atoms with van der Waals surface area (Å²) in [6.45, 7) is 5.36. The van der Waals surface area contributed by atoms with E-state index < -0.39 is 0 Å². The van der Waals surface area contributed by atoms with Crippen molar-refractivity contribution < 1.29 is 9.90 Å². The van der Waals surface area contributed by atoms with Crippen molar-refractivity contribution in [2.75, 3.05) is 13.1 Å². The molecular formula is C27H32N4O2. The van der Waals surface area contributed by atoms with E-state index in [1.54, 1.807) is 0 Å². The summed E-state index contributed by atoms with van der Waals surface area (Å²) in [6, 6.07) is 16.6. The van der Waals surface area contributed by atoms with E-state index in [0.717, 1.165) is 74.1 Å². The van der Waals surface area contributed by atoms with Crippen LogP contribution in [0.2, 0.25) is 0 Å². The standard InChI is InChI=1S/C27H32N4O2/c1-19-5-2-3-7-24(19)31-25-8-4-6-23(25)26(29-31)27(33)28-17-20-9-11-21(12-10-20)18-30-15-13-22(32)14-16-30/h2-3,5,7,9-12,22,32H,4,6,8,13-18H2,1H3,(H,28,33). The first-order valence-corrected chi connectivity index (χ1v) is 12.0. The number of nitrogens with zero attached hydrogens (tertiary/aromatic N) is 3. The first-order chi connectivity index (χ1) is 16.1.